The van der Waals surface area contributed by atoms with E-state index in [1.165, 1.54) is 6.20 Å². The van der Waals surface area contributed by atoms with Gasteiger partial charge < -0.3 is 20.1 Å². The van der Waals surface area contributed by atoms with Crippen LogP contribution in [0.1, 0.15) is 28.8 Å². The lowest BCUT2D eigenvalue weighted by Gasteiger charge is -2.23. The fourth-order valence-corrected chi connectivity index (χ4v) is 4.38. The van der Waals surface area contributed by atoms with Gasteiger partial charge in [0, 0.05) is 27.7 Å². The molecule has 32 heavy (non-hydrogen) atoms. The van der Waals surface area contributed by atoms with Gasteiger partial charge in [-0.15, -0.1) is 0 Å². The van der Waals surface area contributed by atoms with E-state index in [-0.39, 0.29) is 4.64 Å². The third-order valence-corrected chi connectivity index (χ3v) is 6.35. The molecule has 0 aliphatic carbocycles. The Bertz CT molecular complexity index is 1170. The average Bonchev–Trinajstić information content (AvgIpc) is 3.06. The molecule has 2 aromatic carbocycles. The summed E-state index contributed by atoms with van der Waals surface area (Å²) in [4.78, 5) is 15.3. The molecule has 1 fully saturated rings. The largest absolute Gasteiger partial charge is 0.394 e. The van der Waals surface area contributed by atoms with E-state index < -0.39 is 42.8 Å². The van der Waals surface area contributed by atoms with Crippen LogP contribution in [0.5, 0.6) is 0 Å². The molecule has 4 atom stereocenters. The van der Waals surface area contributed by atoms with Gasteiger partial charge in [0.1, 0.15) is 23.0 Å². The highest BCUT2D eigenvalue weighted by molar-refractivity contribution is 7.71. The van der Waals surface area contributed by atoms with Crippen molar-refractivity contribution in [2.24, 2.45) is 0 Å². The lowest BCUT2D eigenvalue weighted by atomic mass is 9.86. The summed E-state index contributed by atoms with van der Waals surface area (Å²) in [5.41, 5.74) is 1.69. The highest BCUT2D eigenvalue weighted by Crippen LogP contribution is 2.35. The Labute approximate surface area is 198 Å². The summed E-state index contributed by atoms with van der Waals surface area (Å²) in [5.74, 6) is -0.391. The van der Waals surface area contributed by atoms with E-state index in [9.17, 15) is 20.1 Å². The summed E-state index contributed by atoms with van der Waals surface area (Å²) in [6.45, 7) is -0.503. The minimum absolute atomic E-state index is 0.216. The van der Waals surface area contributed by atoms with Gasteiger partial charge in [-0.2, -0.15) is 0 Å². The third-order valence-electron chi connectivity index (χ3n) is 5.50. The lowest BCUT2D eigenvalue weighted by Crippen LogP contribution is -2.36. The van der Waals surface area contributed by atoms with Gasteiger partial charge in [0.2, 0.25) is 0 Å². The molecule has 0 saturated carbocycles. The van der Waals surface area contributed by atoms with Crippen molar-refractivity contribution in [3.63, 3.8) is 0 Å². The predicted octanol–water partition coefficient (Wildman–Crippen LogP) is 3.00. The number of aliphatic hydroxyl groups is 3. The molecule has 1 aromatic heterocycles. The molecule has 4 rings (SSSR count). The molecule has 1 aliphatic rings. The molecule has 0 spiro atoms. The van der Waals surface area contributed by atoms with Crippen molar-refractivity contribution in [2.75, 3.05) is 6.61 Å². The van der Waals surface area contributed by atoms with Crippen LogP contribution in [0.25, 0.3) is 0 Å². The number of nitrogens with zero attached hydrogens (tertiary/aromatic N) is 1. The second kappa shape index (κ2) is 9.44. The van der Waals surface area contributed by atoms with Gasteiger partial charge in [-0.1, -0.05) is 59.7 Å². The molecule has 7 nitrogen and oxygen atoms in total. The average molecular weight is 495 g/mol. The van der Waals surface area contributed by atoms with E-state index >= 15 is 0 Å². The number of hydrogen-bond donors (Lipinski definition) is 4. The van der Waals surface area contributed by atoms with Gasteiger partial charge in [-0.3, -0.25) is 9.55 Å². The van der Waals surface area contributed by atoms with Crippen molar-refractivity contribution < 1.29 is 20.1 Å². The molecule has 2 heterocycles. The van der Waals surface area contributed by atoms with Crippen molar-refractivity contribution in [1.82, 2.24) is 9.55 Å². The normalized spacial score (nSPS) is 23.1. The van der Waals surface area contributed by atoms with Crippen LogP contribution in [0.4, 0.5) is 0 Å². The van der Waals surface area contributed by atoms with Crippen molar-refractivity contribution in [2.45, 2.75) is 30.5 Å². The molecule has 4 N–H and O–H groups in total. The molecule has 0 amide bonds. The van der Waals surface area contributed by atoms with Crippen LogP contribution in [0.3, 0.4) is 0 Å². The fourth-order valence-electron chi connectivity index (χ4n) is 3.87. The van der Waals surface area contributed by atoms with Crippen LogP contribution in [0, 0.1) is 4.64 Å². The Morgan fingerprint density at radius 1 is 1.00 bits per heavy atom. The highest BCUT2D eigenvalue weighted by atomic mass is 35.5. The van der Waals surface area contributed by atoms with E-state index in [0.717, 1.165) is 15.7 Å². The first kappa shape index (κ1) is 23.1. The number of hydrogen-bond acceptors (Lipinski definition) is 6. The first-order valence-corrected chi connectivity index (χ1v) is 11.0. The molecular weight excluding hydrogens is 475 g/mol. The van der Waals surface area contributed by atoms with Crippen LogP contribution < -0.4 is 5.69 Å². The van der Waals surface area contributed by atoms with E-state index in [4.69, 9.17) is 40.2 Å². The monoisotopic (exact) mass is 494 g/mol. The number of H-pyrrole nitrogens is 1. The summed E-state index contributed by atoms with van der Waals surface area (Å²) in [5, 5.41) is 31.1. The quantitative estimate of drug-likeness (QED) is 0.406. The van der Waals surface area contributed by atoms with E-state index in [1.807, 2.05) is 24.3 Å². The molecule has 3 aromatic rings. The second-order valence-electron chi connectivity index (χ2n) is 7.52. The first-order chi connectivity index (χ1) is 15.3. The van der Waals surface area contributed by atoms with E-state index in [1.54, 1.807) is 24.3 Å². The van der Waals surface area contributed by atoms with Crippen molar-refractivity contribution in [3.8, 4) is 0 Å². The molecule has 168 valence electrons. The van der Waals surface area contributed by atoms with Gasteiger partial charge in [0.25, 0.3) is 0 Å². The SMILES string of the molecule is O=c1[nH]c(=S)c(C(c2ccc(Cl)cc2)c2ccc(Cl)cc2)cn1[C@@H]1O[C@H](CO)[C@@H](O)[C@H]1O. The number of aromatic nitrogens is 2. The molecule has 0 unspecified atom stereocenters. The molecule has 1 aliphatic heterocycles. The zero-order valence-corrected chi connectivity index (χ0v) is 18.9. The standard InChI is InChI=1S/C22H20Cl2N2O5S/c23-13-5-1-11(2-6-13)17(12-3-7-14(24)8-4-12)15-9-26(22(30)25-20(15)32)21-19(29)18(28)16(10-27)31-21/h1-9,16-19,21,27-29H,10H2,(H,25,30,32)/t16-,18-,19-,21-/m1/s1. The summed E-state index contributed by atoms with van der Waals surface area (Å²) in [7, 11) is 0. The van der Waals surface area contributed by atoms with Crippen molar-refractivity contribution >= 4 is 35.4 Å². The van der Waals surface area contributed by atoms with Gasteiger partial charge >= 0.3 is 5.69 Å². The van der Waals surface area contributed by atoms with Gasteiger partial charge in [0.15, 0.2) is 6.23 Å². The van der Waals surface area contributed by atoms with E-state index in [2.05, 4.69) is 4.98 Å². The Morgan fingerprint density at radius 2 is 1.53 bits per heavy atom. The summed E-state index contributed by atoms with van der Waals surface area (Å²) >= 11 is 17.6. The Balaban J connectivity index is 1.87. The highest BCUT2D eigenvalue weighted by Gasteiger charge is 2.44. The molecule has 1 saturated heterocycles. The van der Waals surface area contributed by atoms with Crippen LogP contribution in [0.2, 0.25) is 10.0 Å². The van der Waals surface area contributed by atoms with Gasteiger partial charge in [0.05, 0.1) is 6.61 Å². The van der Waals surface area contributed by atoms with Crippen LogP contribution >= 0.6 is 35.4 Å². The van der Waals surface area contributed by atoms with Crippen LogP contribution in [0.15, 0.2) is 59.5 Å². The third kappa shape index (κ3) is 4.40. The van der Waals surface area contributed by atoms with Crippen molar-refractivity contribution in [1.29, 1.82) is 0 Å². The maximum atomic E-state index is 12.7. The number of benzene rings is 2. The molecular formula is C22H20Cl2N2O5S. The first-order valence-electron chi connectivity index (χ1n) is 9.79. The number of aromatic amines is 1. The van der Waals surface area contributed by atoms with Crippen LogP contribution in [-0.2, 0) is 4.74 Å². The second-order valence-corrected chi connectivity index (χ2v) is 8.80. The maximum Gasteiger partial charge on any atom is 0.328 e. The topological polar surface area (TPSA) is 108 Å². The number of nitrogens with one attached hydrogen (secondary N) is 1. The number of ether oxygens (including phenoxy) is 1. The summed E-state index contributed by atoms with van der Waals surface area (Å²) in [6, 6.07) is 14.5. The van der Waals surface area contributed by atoms with Gasteiger partial charge in [-0.05, 0) is 35.4 Å². The minimum atomic E-state index is -1.41. The zero-order valence-electron chi connectivity index (χ0n) is 16.6. The number of halogens is 2. The maximum absolute atomic E-state index is 12.7. The number of aliphatic hydroxyl groups excluding tert-OH is 3. The molecule has 0 bridgehead atoms. The Kier molecular flexibility index (Phi) is 6.83. The summed E-state index contributed by atoms with van der Waals surface area (Å²) < 4.78 is 6.91. The van der Waals surface area contributed by atoms with Gasteiger partial charge in [-0.25, -0.2) is 4.79 Å². The zero-order chi connectivity index (χ0) is 23.0. The predicted molar refractivity (Wildman–Crippen MR) is 123 cm³/mol. The minimum Gasteiger partial charge on any atom is -0.394 e. The molecule has 0 radical (unpaired) electrons. The summed E-state index contributed by atoms with van der Waals surface area (Å²) in [6.07, 6.45) is -3.46. The Hall–Kier alpha value is -2.04. The number of rotatable bonds is 5. The Morgan fingerprint density at radius 3 is 2.00 bits per heavy atom. The molecule has 10 heteroatoms. The van der Waals surface area contributed by atoms with Crippen LogP contribution in [-0.4, -0.2) is 49.8 Å². The van der Waals surface area contributed by atoms with E-state index in [0.29, 0.717) is 15.6 Å². The fraction of sp³-hybridized carbons (Fsp3) is 0.273. The smallest absolute Gasteiger partial charge is 0.328 e. The van der Waals surface area contributed by atoms with Crippen molar-refractivity contribution in [3.05, 3.63) is 96.6 Å². The lowest BCUT2D eigenvalue weighted by molar-refractivity contribution is -0.0551.